The fourth-order valence-electron chi connectivity index (χ4n) is 5.30. The van der Waals surface area contributed by atoms with Crippen molar-refractivity contribution in [2.45, 2.75) is 40.7 Å². The highest BCUT2D eigenvalue weighted by Crippen LogP contribution is 2.36. The Labute approximate surface area is 261 Å². The molecule has 3 heterocycles. The first-order chi connectivity index (χ1) is 20.2. The fraction of sp³-hybridized carbons (Fsp3) is 0.281. The number of carbonyl (C=O) groups excluding carboxylic acids is 1. The number of nitrogens with zero attached hydrogens (tertiary/aromatic N) is 3. The number of thiazole rings is 1. The summed E-state index contributed by atoms with van der Waals surface area (Å²) in [6.07, 6.45) is 1.91. The van der Waals surface area contributed by atoms with E-state index in [0.717, 1.165) is 26.2 Å². The highest BCUT2D eigenvalue weighted by atomic mass is 127. The molecule has 42 heavy (non-hydrogen) atoms. The minimum absolute atomic E-state index is 0.204. The SMILES string of the molecule is CCOC(=O)C1=C(C)N=c2s/c(=C\c3cc(C)n(-c4ccc(I)cc4)c3C)c(=O)n2[C@@H]1c1ccc(OC)c(OCC)c1. The molecule has 10 heteroatoms. The number of aromatic nitrogens is 2. The van der Waals surface area contributed by atoms with E-state index in [1.54, 1.807) is 31.6 Å². The number of ether oxygens (including phenoxy) is 3. The van der Waals surface area contributed by atoms with E-state index in [9.17, 15) is 9.59 Å². The number of methoxy groups -OCH3 is 1. The molecule has 0 aliphatic carbocycles. The summed E-state index contributed by atoms with van der Waals surface area (Å²) >= 11 is 3.60. The molecule has 0 unspecified atom stereocenters. The van der Waals surface area contributed by atoms with Crippen LogP contribution >= 0.6 is 33.9 Å². The smallest absolute Gasteiger partial charge is 0.338 e. The molecule has 0 radical (unpaired) electrons. The molecule has 8 nitrogen and oxygen atoms in total. The van der Waals surface area contributed by atoms with Crippen molar-refractivity contribution in [3.63, 3.8) is 0 Å². The van der Waals surface area contributed by atoms with Crippen molar-refractivity contribution >= 4 is 46.0 Å². The normalized spacial score (nSPS) is 14.9. The number of allylic oxidation sites excluding steroid dienone is 1. The Kier molecular flexibility index (Phi) is 8.74. The summed E-state index contributed by atoms with van der Waals surface area (Å²) in [5.41, 5.74) is 5.39. The second-order valence-electron chi connectivity index (χ2n) is 9.78. The van der Waals surface area contributed by atoms with E-state index in [1.165, 1.54) is 11.3 Å². The van der Waals surface area contributed by atoms with Gasteiger partial charge in [-0.15, -0.1) is 0 Å². The van der Waals surface area contributed by atoms with Gasteiger partial charge >= 0.3 is 5.97 Å². The van der Waals surface area contributed by atoms with Gasteiger partial charge in [0.25, 0.3) is 5.56 Å². The first-order valence-corrected chi connectivity index (χ1v) is 15.5. The highest BCUT2D eigenvalue weighted by molar-refractivity contribution is 14.1. The number of benzene rings is 2. The first kappa shape index (κ1) is 29.8. The van der Waals surface area contributed by atoms with Gasteiger partial charge < -0.3 is 18.8 Å². The quantitative estimate of drug-likeness (QED) is 0.187. The molecular weight excluding hydrogens is 665 g/mol. The Bertz CT molecular complexity index is 1880. The van der Waals surface area contributed by atoms with Crippen molar-refractivity contribution in [3.05, 3.63) is 106 Å². The minimum Gasteiger partial charge on any atom is -0.493 e. The lowest BCUT2D eigenvalue weighted by Crippen LogP contribution is -2.40. The number of fused-ring (bicyclic) bond motifs is 1. The highest BCUT2D eigenvalue weighted by Gasteiger charge is 2.34. The van der Waals surface area contributed by atoms with Gasteiger partial charge in [-0.1, -0.05) is 17.4 Å². The van der Waals surface area contributed by atoms with Crippen LogP contribution in [0.4, 0.5) is 0 Å². The summed E-state index contributed by atoms with van der Waals surface area (Å²) in [7, 11) is 1.57. The maximum atomic E-state index is 14.1. The lowest BCUT2D eigenvalue weighted by Gasteiger charge is -2.25. The van der Waals surface area contributed by atoms with Gasteiger partial charge in [-0.05, 0) is 117 Å². The molecule has 1 aliphatic heterocycles. The van der Waals surface area contributed by atoms with Crippen molar-refractivity contribution in [1.29, 1.82) is 0 Å². The maximum absolute atomic E-state index is 14.1. The molecule has 5 rings (SSSR count). The molecule has 1 aliphatic rings. The predicted octanol–water partition coefficient (Wildman–Crippen LogP) is 5.22. The van der Waals surface area contributed by atoms with Gasteiger partial charge in [-0.3, -0.25) is 9.36 Å². The lowest BCUT2D eigenvalue weighted by atomic mass is 9.95. The molecule has 0 bridgehead atoms. The lowest BCUT2D eigenvalue weighted by molar-refractivity contribution is -0.139. The van der Waals surface area contributed by atoms with Crippen LogP contribution in [0.3, 0.4) is 0 Å². The Morgan fingerprint density at radius 1 is 1.05 bits per heavy atom. The molecule has 4 aromatic rings. The number of carbonyl (C=O) groups is 1. The van der Waals surface area contributed by atoms with Crippen molar-refractivity contribution in [2.24, 2.45) is 4.99 Å². The van der Waals surface area contributed by atoms with Gasteiger partial charge in [0.2, 0.25) is 0 Å². The molecule has 0 saturated heterocycles. The van der Waals surface area contributed by atoms with Crippen LogP contribution < -0.4 is 24.4 Å². The minimum atomic E-state index is -0.744. The molecule has 0 fully saturated rings. The van der Waals surface area contributed by atoms with Crippen LogP contribution in [0, 0.1) is 17.4 Å². The summed E-state index contributed by atoms with van der Waals surface area (Å²) in [5, 5.41) is 0. The first-order valence-electron chi connectivity index (χ1n) is 13.6. The third-order valence-corrected chi connectivity index (χ3v) is 8.86. The number of aryl methyl sites for hydroxylation is 1. The zero-order chi connectivity index (χ0) is 30.1. The zero-order valence-corrected chi connectivity index (χ0v) is 27.3. The van der Waals surface area contributed by atoms with Gasteiger partial charge in [0, 0.05) is 20.6 Å². The Balaban J connectivity index is 1.70. The van der Waals surface area contributed by atoms with Crippen LogP contribution in [0.5, 0.6) is 11.5 Å². The van der Waals surface area contributed by atoms with Gasteiger partial charge in [-0.2, -0.15) is 0 Å². The average molecular weight is 698 g/mol. The molecule has 1 atom stereocenters. The number of hydrogen-bond donors (Lipinski definition) is 0. The largest absolute Gasteiger partial charge is 0.493 e. The monoisotopic (exact) mass is 697 g/mol. The Morgan fingerprint density at radius 2 is 1.79 bits per heavy atom. The molecule has 0 spiro atoms. The van der Waals surface area contributed by atoms with Crippen molar-refractivity contribution in [1.82, 2.24) is 9.13 Å². The van der Waals surface area contributed by atoms with Gasteiger partial charge in [0.15, 0.2) is 16.3 Å². The molecular formula is C32H32IN3O5S. The standard InChI is InChI=1S/C32H32IN3O5S/c1-7-40-26-16-21(9-14-25(26)39-6)29-28(31(38)41-8-2)19(4)34-32-36(29)30(37)27(42-32)17-22-15-18(3)35(20(22)5)24-12-10-23(33)11-13-24/h9-17,29H,7-8H2,1-6H3/b27-17-/t29-/m1/s1. The number of esters is 1. The molecule has 2 aromatic heterocycles. The number of hydrogen-bond acceptors (Lipinski definition) is 7. The van der Waals surface area contributed by atoms with E-state index < -0.39 is 12.0 Å². The van der Waals surface area contributed by atoms with E-state index in [-0.39, 0.29) is 12.2 Å². The van der Waals surface area contributed by atoms with E-state index in [2.05, 4.69) is 64.4 Å². The predicted molar refractivity (Wildman–Crippen MR) is 173 cm³/mol. The summed E-state index contributed by atoms with van der Waals surface area (Å²) in [6, 6.07) is 15.1. The van der Waals surface area contributed by atoms with Crippen molar-refractivity contribution < 1.29 is 19.0 Å². The average Bonchev–Trinajstić information content (AvgIpc) is 3.42. The van der Waals surface area contributed by atoms with Crippen LogP contribution in [0.1, 0.15) is 49.3 Å². The van der Waals surface area contributed by atoms with Crippen molar-refractivity contribution in [3.8, 4) is 17.2 Å². The molecule has 0 saturated carbocycles. The van der Waals surface area contributed by atoms with E-state index in [0.29, 0.717) is 44.3 Å². The van der Waals surface area contributed by atoms with Gasteiger partial charge in [-0.25, -0.2) is 9.79 Å². The third kappa shape index (κ3) is 5.45. The van der Waals surface area contributed by atoms with Crippen LogP contribution in [-0.2, 0) is 9.53 Å². The third-order valence-electron chi connectivity index (χ3n) is 7.16. The van der Waals surface area contributed by atoms with Crippen LogP contribution in [0.25, 0.3) is 11.8 Å². The second kappa shape index (κ2) is 12.3. The topological polar surface area (TPSA) is 84.1 Å². The number of rotatable bonds is 8. The van der Waals surface area contributed by atoms with Crippen molar-refractivity contribution in [2.75, 3.05) is 20.3 Å². The second-order valence-corrected chi connectivity index (χ2v) is 12.0. The van der Waals surface area contributed by atoms with E-state index in [1.807, 2.05) is 32.1 Å². The van der Waals surface area contributed by atoms with Crippen LogP contribution in [0.2, 0.25) is 0 Å². The summed E-state index contributed by atoms with van der Waals surface area (Å²) < 4.78 is 22.2. The Morgan fingerprint density at radius 3 is 2.45 bits per heavy atom. The summed E-state index contributed by atoms with van der Waals surface area (Å²) in [6.45, 7) is 10.2. The molecule has 0 N–H and O–H groups in total. The number of halogens is 1. The molecule has 218 valence electrons. The van der Waals surface area contributed by atoms with Crippen LogP contribution in [-0.4, -0.2) is 35.4 Å². The van der Waals surface area contributed by atoms with E-state index >= 15 is 0 Å². The van der Waals surface area contributed by atoms with Crippen LogP contribution in [0.15, 0.2) is 69.6 Å². The van der Waals surface area contributed by atoms with E-state index in [4.69, 9.17) is 19.2 Å². The summed E-state index contributed by atoms with van der Waals surface area (Å²) in [4.78, 5) is 32.6. The molecule has 2 aromatic carbocycles. The van der Waals surface area contributed by atoms with Gasteiger partial charge in [0.1, 0.15) is 0 Å². The summed E-state index contributed by atoms with van der Waals surface area (Å²) in [5.74, 6) is 0.586. The molecule has 0 amide bonds. The zero-order valence-electron chi connectivity index (χ0n) is 24.4. The fourth-order valence-corrected chi connectivity index (χ4v) is 6.70. The van der Waals surface area contributed by atoms with Gasteiger partial charge in [0.05, 0.1) is 42.2 Å². The Hall–Kier alpha value is -3.64. The maximum Gasteiger partial charge on any atom is 0.338 e.